The molecule has 1 aliphatic carbocycles. The molecule has 2 aliphatic rings. The molecular formula is C17H34N2O. The van der Waals surface area contributed by atoms with Crippen LogP contribution in [0.15, 0.2) is 0 Å². The van der Waals surface area contributed by atoms with Gasteiger partial charge in [0.25, 0.3) is 0 Å². The highest BCUT2D eigenvalue weighted by Gasteiger charge is 2.31. The van der Waals surface area contributed by atoms with Crippen molar-refractivity contribution < 1.29 is 5.11 Å². The molecule has 0 radical (unpaired) electrons. The predicted molar refractivity (Wildman–Crippen MR) is 84.9 cm³/mol. The van der Waals surface area contributed by atoms with E-state index < -0.39 is 0 Å². The molecule has 0 aromatic carbocycles. The second kappa shape index (κ2) is 7.24. The summed E-state index contributed by atoms with van der Waals surface area (Å²) in [5, 5.41) is 13.2. The Kier molecular flexibility index (Phi) is 5.88. The summed E-state index contributed by atoms with van der Waals surface area (Å²) in [5.74, 6) is 0.789. The number of unbranched alkanes of at least 4 members (excludes halogenated alkanes) is 1. The average Bonchev–Trinajstić information content (AvgIpc) is 3.08. The summed E-state index contributed by atoms with van der Waals surface area (Å²) < 4.78 is 0. The van der Waals surface area contributed by atoms with E-state index in [1.165, 1.54) is 51.6 Å². The Morgan fingerprint density at radius 1 is 1.25 bits per heavy atom. The molecule has 2 atom stereocenters. The van der Waals surface area contributed by atoms with Gasteiger partial charge in [0.05, 0.1) is 6.61 Å². The van der Waals surface area contributed by atoms with E-state index in [1.54, 1.807) is 0 Å². The molecule has 0 aromatic rings. The third-order valence-corrected chi connectivity index (χ3v) is 5.09. The molecule has 2 fully saturated rings. The predicted octanol–water partition coefficient (Wildman–Crippen LogP) is 2.78. The molecule has 1 aliphatic heterocycles. The van der Waals surface area contributed by atoms with Gasteiger partial charge >= 0.3 is 0 Å². The molecule has 3 nitrogen and oxygen atoms in total. The molecule has 2 unspecified atom stereocenters. The van der Waals surface area contributed by atoms with Gasteiger partial charge in [0.1, 0.15) is 0 Å². The highest BCUT2D eigenvalue weighted by atomic mass is 16.3. The van der Waals surface area contributed by atoms with Gasteiger partial charge in [-0.3, -0.25) is 0 Å². The molecular weight excluding hydrogens is 248 g/mol. The van der Waals surface area contributed by atoms with Crippen molar-refractivity contribution in [3.8, 4) is 0 Å². The summed E-state index contributed by atoms with van der Waals surface area (Å²) in [5.41, 5.74) is -0.0520. The lowest BCUT2D eigenvalue weighted by molar-refractivity contribution is 0.155. The maximum Gasteiger partial charge on any atom is 0.0610 e. The summed E-state index contributed by atoms with van der Waals surface area (Å²) in [4.78, 5) is 2.69. The quantitative estimate of drug-likeness (QED) is 0.638. The van der Waals surface area contributed by atoms with Crippen molar-refractivity contribution >= 4 is 0 Å². The van der Waals surface area contributed by atoms with Crippen LogP contribution in [0.2, 0.25) is 0 Å². The van der Waals surface area contributed by atoms with Gasteiger partial charge in [-0.25, -0.2) is 0 Å². The van der Waals surface area contributed by atoms with Crippen LogP contribution in [0.3, 0.4) is 0 Å². The largest absolute Gasteiger partial charge is 0.394 e. The molecule has 1 saturated heterocycles. The van der Waals surface area contributed by atoms with Crippen molar-refractivity contribution in [2.45, 2.75) is 83.3 Å². The SMILES string of the molecule is CC(C)C1CCCN1CCCCC(C)(CO)NC1CC1. The lowest BCUT2D eigenvalue weighted by Gasteiger charge is -2.30. The number of aliphatic hydroxyl groups excluding tert-OH is 1. The minimum atomic E-state index is -0.0520. The average molecular weight is 282 g/mol. The van der Waals surface area contributed by atoms with Crippen molar-refractivity contribution in [2.24, 2.45) is 5.92 Å². The zero-order valence-corrected chi connectivity index (χ0v) is 13.7. The molecule has 0 spiro atoms. The Balaban J connectivity index is 1.64. The first kappa shape index (κ1) is 16.3. The fourth-order valence-electron chi connectivity index (χ4n) is 3.63. The Morgan fingerprint density at radius 2 is 2.00 bits per heavy atom. The topological polar surface area (TPSA) is 35.5 Å². The lowest BCUT2D eigenvalue weighted by Crippen LogP contribution is -2.47. The fourth-order valence-corrected chi connectivity index (χ4v) is 3.63. The Labute approximate surface area is 125 Å². The van der Waals surface area contributed by atoms with Gasteiger partial charge in [0.15, 0.2) is 0 Å². The number of nitrogens with one attached hydrogen (secondary N) is 1. The molecule has 118 valence electrons. The van der Waals surface area contributed by atoms with Crippen molar-refractivity contribution in [2.75, 3.05) is 19.7 Å². The van der Waals surface area contributed by atoms with E-state index >= 15 is 0 Å². The third kappa shape index (κ3) is 4.71. The Bertz CT molecular complexity index is 291. The third-order valence-electron chi connectivity index (χ3n) is 5.09. The lowest BCUT2D eigenvalue weighted by atomic mass is 9.95. The first-order chi connectivity index (χ1) is 9.54. The van der Waals surface area contributed by atoms with E-state index in [1.807, 2.05) is 0 Å². The van der Waals surface area contributed by atoms with E-state index in [4.69, 9.17) is 0 Å². The smallest absolute Gasteiger partial charge is 0.0610 e. The molecule has 0 bridgehead atoms. The van der Waals surface area contributed by atoms with Crippen LogP contribution in [0.4, 0.5) is 0 Å². The van der Waals surface area contributed by atoms with Gasteiger partial charge < -0.3 is 15.3 Å². The number of hydrogen-bond donors (Lipinski definition) is 2. The summed E-state index contributed by atoms with van der Waals surface area (Å²) in [6.07, 6.45) is 8.93. The van der Waals surface area contributed by atoms with Gasteiger partial charge in [-0.15, -0.1) is 0 Å². The van der Waals surface area contributed by atoms with Crippen molar-refractivity contribution in [3.63, 3.8) is 0 Å². The minimum absolute atomic E-state index is 0.0520. The van der Waals surface area contributed by atoms with Gasteiger partial charge in [-0.05, 0) is 64.5 Å². The summed E-state index contributed by atoms with van der Waals surface area (Å²) in [6.45, 7) is 9.69. The number of rotatable bonds is 9. The molecule has 1 saturated carbocycles. The Hall–Kier alpha value is -0.120. The summed E-state index contributed by atoms with van der Waals surface area (Å²) in [7, 11) is 0. The number of hydrogen-bond acceptors (Lipinski definition) is 3. The maximum atomic E-state index is 9.61. The zero-order chi connectivity index (χ0) is 14.6. The van der Waals surface area contributed by atoms with E-state index in [2.05, 4.69) is 31.0 Å². The van der Waals surface area contributed by atoms with Crippen LogP contribution < -0.4 is 5.32 Å². The highest BCUT2D eigenvalue weighted by molar-refractivity contribution is 4.92. The highest BCUT2D eigenvalue weighted by Crippen LogP contribution is 2.26. The summed E-state index contributed by atoms with van der Waals surface area (Å²) in [6, 6.07) is 1.49. The van der Waals surface area contributed by atoms with E-state index in [9.17, 15) is 5.11 Å². The number of nitrogens with zero attached hydrogens (tertiary/aromatic N) is 1. The number of aliphatic hydroxyl groups is 1. The molecule has 0 aromatic heterocycles. The fraction of sp³-hybridized carbons (Fsp3) is 1.00. The monoisotopic (exact) mass is 282 g/mol. The zero-order valence-electron chi connectivity index (χ0n) is 13.7. The van der Waals surface area contributed by atoms with Gasteiger partial charge in [0, 0.05) is 17.6 Å². The standard InChI is InChI=1S/C17H34N2O/c1-14(2)16-7-6-12-19(16)11-5-4-10-17(3,13-20)18-15-8-9-15/h14-16,18,20H,4-13H2,1-3H3. The normalized spacial score (nSPS) is 27.1. The number of likely N-dealkylation sites (tertiary alicyclic amines) is 1. The molecule has 1 heterocycles. The van der Waals surface area contributed by atoms with Crippen molar-refractivity contribution in [3.05, 3.63) is 0 Å². The van der Waals surface area contributed by atoms with Gasteiger partial charge in [-0.1, -0.05) is 20.3 Å². The summed E-state index contributed by atoms with van der Waals surface area (Å²) >= 11 is 0. The van der Waals surface area contributed by atoms with Crippen molar-refractivity contribution in [1.82, 2.24) is 10.2 Å². The second-order valence-corrected chi connectivity index (χ2v) is 7.58. The Morgan fingerprint density at radius 3 is 2.60 bits per heavy atom. The first-order valence-corrected chi connectivity index (χ1v) is 8.67. The van der Waals surface area contributed by atoms with E-state index in [0.29, 0.717) is 6.04 Å². The second-order valence-electron chi connectivity index (χ2n) is 7.58. The van der Waals surface area contributed by atoms with Crippen LogP contribution in [-0.4, -0.2) is 47.3 Å². The molecule has 2 rings (SSSR count). The van der Waals surface area contributed by atoms with Gasteiger partial charge in [0.2, 0.25) is 0 Å². The van der Waals surface area contributed by atoms with Gasteiger partial charge in [-0.2, -0.15) is 0 Å². The van der Waals surface area contributed by atoms with Crippen LogP contribution in [0.25, 0.3) is 0 Å². The van der Waals surface area contributed by atoms with Crippen molar-refractivity contribution in [1.29, 1.82) is 0 Å². The van der Waals surface area contributed by atoms with E-state index in [-0.39, 0.29) is 12.1 Å². The molecule has 0 amide bonds. The van der Waals surface area contributed by atoms with Crippen LogP contribution in [0, 0.1) is 5.92 Å². The van der Waals surface area contributed by atoms with Crippen LogP contribution in [0.5, 0.6) is 0 Å². The van der Waals surface area contributed by atoms with Crippen LogP contribution >= 0.6 is 0 Å². The maximum absolute atomic E-state index is 9.61. The molecule has 20 heavy (non-hydrogen) atoms. The van der Waals surface area contributed by atoms with E-state index in [0.717, 1.165) is 18.4 Å². The van der Waals surface area contributed by atoms with Crippen LogP contribution in [0.1, 0.15) is 65.7 Å². The molecule has 2 N–H and O–H groups in total. The van der Waals surface area contributed by atoms with Crippen LogP contribution in [-0.2, 0) is 0 Å². The molecule has 3 heteroatoms. The minimum Gasteiger partial charge on any atom is -0.394 e. The first-order valence-electron chi connectivity index (χ1n) is 8.67.